The SMILES string of the molecule is CCOC(C)CNc1ccc(C(F)(F)F)c(C(=O)O)c1. The van der Waals surface area contributed by atoms with E-state index in [9.17, 15) is 18.0 Å². The van der Waals surface area contributed by atoms with Gasteiger partial charge in [-0.1, -0.05) is 0 Å². The Kier molecular flexibility index (Phi) is 5.38. The van der Waals surface area contributed by atoms with Crippen molar-refractivity contribution in [2.45, 2.75) is 26.1 Å². The number of carboxylic acids is 1. The number of carbonyl (C=O) groups is 1. The van der Waals surface area contributed by atoms with Gasteiger partial charge in [0.15, 0.2) is 0 Å². The van der Waals surface area contributed by atoms with Crippen molar-refractivity contribution in [3.05, 3.63) is 29.3 Å². The molecule has 0 heterocycles. The minimum Gasteiger partial charge on any atom is -0.478 e. The highest BCUT2D eigenvalue weighted by Gasteiger charge is 2.35. The van der Waals surface area contributed by atoms with E-state index in [4.69, 9.17) is 9.84 Å². The number of nitrogens with one attached hydrogen (secondary N) is 1. The molecule has 1 rings (SSSR count). The van der Waals surface area contributed by atoms with Crippen LogP contribution in [0.1, 0.15) is 29.8 Å². The molecule has 2 N–H and O–H groups in total. The number of rotatable bonds is 6. The summed E-state index contributed by atoms with van der Waals surface area (Å²) in [5, 5.41) is 11.7. The largest absolute Gasteiger partial charge is 0.478 e. The lowest BCUT2D eigenvalue weighted by Crippen LogP contribution is -2.20. The molecular formula is C13H16F3NO3. The molecule has 0 aliphatic heterocycles. The van der Waals surface area contributed by atoms with Crippen molar-refractivity contribution in [3.8, 4) is 0 Å². The van der Waals surface area contributed by atoms with Crippen molar-refractivity contribution in [2.75, 3.05) is 18.5 Å². The Labute approximate surface area is 114 Å². The summed E-state index contributed by atoms with van der Waals surface area (Å²) in [6, 6.07) is 2.94. The van der Waals surface area contributed by atoms with Gasteiger partial charge in [-0.25, -0.2) is 4.79 Å². The van der Waals surface area contributed by atoms with Gasteiger partial charge in [-0.05, 0) is 32.0 Å². The molecule has 1 unspecified atom stereocenters. The average molecular weight is 291 g/mol. The molecule has 0 bridgehead atoms. The van der Waals surface area contributed by atoms with Crippen LogP contribution in [0.4, 0.5) is 18.9 Å². The quantitative estimate of drug-likeness (QED) is 0.844. The number of aromatic carboxylic acids is 1. The van der Waals surface area contributed by atoms with E-state index in [1.54, 1.807) is 6.92 Å². The molecule has 1 aromatic carbocycles. The smallest absolute Gasteiger partial charge is 0.417 e. The van der Waals surface area contributed by atoms with Crippen LogP contribution < -0.4 is 5.32 Å². The Bertz CT molecular complexity index is 474. The lowest BCUT2D eigenvalue weighted by molar-refractivity contribution is -0.138. The number of alkyl halides is 3. The van der Waals surface area contributed by atoms with Gasteiger partial charge in [-0.3, -0.25) is 0 Å². The van der Waals surface area contributed by atoms with E-state index in [0.29, 0.717) is 18.8 Å². The molecule has 0 radical (unpaired) electrons. The summed E-state index contributed by atoms with van der Waals surface area (Å²) >= 11 is 0. The monoisotopic (exact) mass is 291 g/mol. The van der Waals surface area contributed by atoms with Crippen molar-refractivity contribution >= 4 is 11.7 Å². The molecule has 20 heavy (non-hydrogen) atoms. The third kappa shape index (κ3) is 4.41. The molecule has 0 aliphatic rings. The maximum absolute atomic E-state index is 12.7. The van der Waals surface area contributed by atoms with Gasteiger partial charge in [0.1, 0.15) is 0 Å². The van der Waals surface area contributed by atoms with E-state index in [1.807, 2.05) is 6.92 Å². The first-order valence-corrected chi connectivity index (χ1v) is 6.05. The van der Waals surface area contributed by atoms with Gasteiger partial charge < -0.3 is 15.2 Å². The summed E-state index contributed by atoms with van der Waals surface area (Å²) in [6.45, 7) is 4.53. The number of hydrogen-bond acceptors (Lipinski definition) is 3. The number of ether oxygens (including phenoxy) is 1. The fourth-order valence-electron chi connectivity index (χ4n) is 1.68. The second-order valence-electron chi connectivity index (χ2n) is 4.21. The lowest BCUT2D eigenvalue weighted by atomic mass is 10.1. The fourth-order valence-corrected chi connectivity index (χ4v) is 1.68. The number of anilines is 1. The Balaban J connectivity index is 2.91. The van der Waals surface area contributed by atoms with E-state index in [1.165, 1.54) is 6.07 Å². The highest BCUT2D eigenvalue weighted by Crippen LogP contribution is 2.33. The van der Waals surface area contributed by atoms with E-state index in [2.05, 4.69) is 5.32 Å². The standard InChI is InChI=1S/C13H16F3NO3/c1-3-20-8(2)7-17-9-4-5-11(13(14,15)16)10(6-9)12(18)19/h4-6,8,17H,3,7H2,1-2H3,(H,18,19). The fraction of sp³-hybridized carbons (Fsp3) is 0.462. The average Bonchev–Trinajstić information content (AvgIpc) is 2.35. The summed E-state index contributed by atoms with van der Waals surface area (Å²) < 4.78 is 43.2. The van der Waals surface area contributed by atoms with Gasteiger partial charge >= 0.3 is 12.1 Å². The topological polar surface area (TPSA) is 58.6 Å². The first-order chi connectivity index (χ1) is 9.25. The van der Waals surface area contributed by atoms with Crippen LogP contribution in [0.3, 0.4) is 0 Å². The summed E-state index contributed by atoms with van der Waals surface area (Å²) in [6.07, 6.45) is -4.82. The summed E-state index contributed by atoms with van der Waals surface area (Å²) in [5.74, 6) is -1.61. The predicted molar refractivity (Wildman–Crippen MR) is 68.0 cm³/mol. The van der Waals surface area contributed by atoms with E-state index in [-0.39, 0.29) is 6.10 Å². The molecule has 0 aromatic heterocycles. The molecule has 7 heteroatoms. The van der Waals surface area contributed by atoms with Gasteiger partial charge in [0, 0.05) is 18.8 Å². The third-order valence-corrected chi connectivity index (χ3v) is 2.60. The molecular weight excluding hydrogens is 275 g/mol. The van der Waals surface area contributed by atoms with Gasteiger partial charge in [0.2, 0.25) is 0 Å². The molecule has 0 spiro atoms. The predicted octanol–water partition coefficient (Wildman–Crippen LogP) is 3.24. The highest BCUT2D eigenvalue weighted by molar-refractivity contribution is 5.91. The first kappa shape index (κ1) is 16.3. The zero-order valence-corrected chi connectivity index (χ0v) is 11.1. The summed E-state index contributed by atoms with van der Waals surface area (Å²) in [4.78, 5) is 10.9. The van der Waals surface area contributed by atoms with Crippen molar-refractivity contribution < 1.29 is 27.8 Å². The highest BCUT2D eigenvalue weighted by atomic mass is 19.4. The van der Waals surface area contributed by atoms with Crippen molar-refractivity contribution in [1.29, 1.82) is 0 Å². The zero-order valence-electron chi connectivity index (χ0n) is 11.1. The van der Waals surface area contributed by atoms with Crippen LogP contribution in [-0.2, 0) is 10.9 Å². The number of carboxylic acid groups (broad SMARTS) is 1. The van der Waals surface area contributed by atoms with Crippen LogP contribution in [0, 0.1) is 0 Å². The van der Waals surface area contributed by atoms with E-state index in [0.717, 1.165) is 12.1 Å². The van der Waals surface area contributed by atoms with Crippen LogP contribution in [-0.4, -0.2) is 30.3 Å². The van der Waals surface area contributed by atoms with Crippen molar-refractivity contribution in [2.24, 2.45) is 0 Å². The molecule has 112 valence electrons. The molecule has 0 amide bonds. The van der Waals surface area contributed by atoms with Crippen LogP contribution >= 0.6 is 0 Å². The van der Waals surface area contributed by atoms with Gasteiger partial charge in [-0.2, -0.15) is 13.2 Å². The summed E-state index contributed by atoms with van der Waals surface area (Å²) in [5.41, 5.74) is -1.62. The number of hydrogen-bond donors (Lipinski definition) is 2. The molecule has 0 saturated heterocycles. The van der Waals surface area contributed by atoms with E-state index < -0.39 is 23.3 Å². The van der Waals surface area contributed by atoms with Gasteiger partial charge in [0.25, 0.3) is 0 Å². The second-order valence-corrected chi connectivity index (χ2v) is 4.21. The number of benzene rings is 1. The van der Waals surface area contributed by atoms with Crippen LogP contribution in [0.2, 0.25) is 0 Å². The maximum Gasteiger partial charge on any atom is 0.417 e. The Morgan fingerprint density at radius 2 is 2.10 bits per heavy atom. The lowest BCUT2D eigenvalue weighted by Gasteiger charge is -2.15. The Hall–Kier alpha value is -1.76. The van der Waals surface area contributed by atoms with Crippen LogP contribution in [0.5, 0.6) is 0 Å². The molecule has 1 atom stereocenters. The van der Waals surface area contributed by atoms with Crippen LogP contribution in [0.15, 0.2) is 18.2 Å². The normalized spacial score (nSPS) is 13.1. The molecule has 0 saturated carbocycles. The van der Waals surface area contributed by atoms with Crippen molar-refractivity contribution in [1.82, 2.24) is 0 Å². The number of halogens is 3. The molecule has 4 nitrogen and oxygen atoms in total. The third-order valence-electron chi connectivity index (χ3n) is 2.60. The summed E-state index contributed by atoms with van der Waals surface area (Å²) in [7, 11) is 0. The molecule has 1 aromatic rings. The Morgan fingerprint density at radius 3 is 2.60 bits per heavy atom. The van der Waals surface area contributed by atoms with Crippen molar-refractivity contribution in [3.63, 3.8) is 0 Å². The Morgan fingerprint density at radius 1 is 1.45 bits per heavy atom. The van der Waals surface area contributed by atoms with E-state index >= 15 is 0 Å². The minimum absolute atomic E-state index is 0.129. The minimum atomic E-state index is -4.69. The van der Waals surface area contributed by atoms with Gasteiger partial charge in [0.05, 0.1) is 17.2 Å². The van der Waals surface area contributed by atoms with Crippen LogP contribution in [0.25, 0.3) is 0 Å². The first-order valence-electron chi connectivity index (χ1n) is 6.05. The van der Waals surface area contributed by atoms with Gasteiger partial charge in [-0.15, -0.1) is 0 Å². The zero-order chi connectivity index (χ0) is 15.3. The molecule has 0 aliphatic carbocycles. The molecule has 0 fully saturated rings. The maximum atomic E-state index is 12.7. The second kappa shape index (κ2) is 6.60.